The molecule has 120 valence electrons. The second-order valence-electron chi connectivity index (χ2n) is 4.51. The van der Waals surface area contributed by atoms with Crippen molar-refractivity contribution in [2.75, 3.05) is 5.32 Å². The van der Waals surface area contributed by atoms with Crippen LogP contribution in [0.5, 0.6) is 28.7 Å². The molecular formula is C14H11NO8. The number of anilines is 1. The Bertz CT molecular complexity index is 792. The van der Waals surface area contributed by atoms with E-state index in [2.05, 4.69) is 5.32 Å². The summed E-state index contributed by atoms with van der Waals surface area (Å²) in [6.45, 7) is 0. The lowest BCUT2D eigenvalue weighted by Gasteiger charge is -2.12. The monoisotopic (exact) mass is 321 g/mol. The third kappa shape index (κ3) is 3.02. The van der Waals surface area contributed by atoms with Gasteiger partial charge in [-0.3, -0.25) is 4.79 Å². The van der Waals surface area contributed by atoms with Crippen molar-refractivity contribution in [3.63, 3.8) is 0 Å². The van der Waals surface area contributed by atoms with Crippen LogP contribution < -0.4 is 5.32 Å². The Morgan fingerprint density at radius 2 is 1.39 bits per heavy atom. The Kier molecular flexibility index (Phi) is 3.86. The molecule has 0 aliphatic carbocycles. The number of carboxylic acid groups (broad SMARTS) is 1. The van der Waals surface area contributed by atoms with Crippen LogP contribution in [0.3, 0.4) is 0 Å². The smallest absolute Gasteiger partial charge is 0.338 e. The number of aromatic carboxylic acids is 1. The third-order valence-corrected chi connectivity index (χ3v) is 2.90. The molecule has 0 atom stereocenters. The van der Waals surface area contributed by atoms with Gasteiger partial charge in [-0.25, -0.2) is 4.79 Å². The van der Waals surface area contributed by atoms with Crippen LogP contribution in [0.15, 0.2) is 24.3 Å². The number of amides is 1. The summed E-state index contributed by atoms with van der Waals surface area (Å²) in [6, 6.07) is 3.32. The highest BCUT2D eigenvalue weighted by atomic mass is 16.4. The summed E-state index contributed by atoms with van der Waals surface area (Å²) in [4.78, 5) is 23.2. The van der Waals surface area contributed by atoms with Crippen LogP contribution in [-0.4, -0.2) is 42.5 Å². The quantitative estimate of drug-likeness (QED) is 0.326. The summed E-state index contributed by atoms with van der Waals surface area (Å²) in [7, 11) is 0. The number of benzene rings is 2. The fourth-order valence-electron chi connectivity index (χ4n) is 1.83. The van der Waals surface area contributed by atoms with Gasteiger partial charge in [-0.2, -0.15) is 0 Å². The molecule has 0 bridgehead atoms. The minimum Gasteiger partial charge on any atom is -0.508 e. The van der Waals surface area contributed by atoms with Crippen molar-refractivity contribution < 1.29 is 40.2 Å². The predicted molar refractivity (Wildman–Crippen MR) is 76.1 cm³/mol. The van der Waals surface area contributed by atoms with Crippen molar-refractivity contribution >= 4 is 17.6 Å². The lowest BCUT2D eigenvalue weighted by Crippen LogP contribution is -2.15. The van der Waals surface area contributed by atoms with Crippen molar-refractivity contribution in [2.45, 2.75) is 0 Å². The van der Waals surface area contributed by atoms with Gasteiger partial charge in [-0.05, 0) is 18.2 Å². The molecule has 2 rings (SSSR count). The molecule has 2 aromatic carbocycles. The summed E-state index contributed by atoms with van der Waals surface area (Å²) in [5.41, 5.74) is -1.35. The molecule has 0 aliphatic heterocycles. The van der Waals surface area contributed by atoms with Gasteiger partial charge in [0.2, 0.25) is 0 Å². The Labute approximate surface area is 128 Å². The van der Waals surface area contributed by atoms with Gasteiger partial charge in [-0.1, -0.05) is 0 Å². The highest BCUT2D eigenvalue weighted by molar-refractivity contribution is 6.09. The van der Waals surface area contributed by atoms with Gasteiger partial charge >= 0.3 is 5.97 Å². The summed E-state index contributed by atoms with van der Waals surface area (Å²) in [6.07, 6.45) is 0. The number of nitrogens with one attached hydrogen (secondary N) is 1. The molecule has 0 unspecified atom stereocenters. The van der Waals surface area contributed by atoms with Gasteiger partial charge in [0.05, 0.1) is 11.3 Å². The number of hydrogen-bond acceptors (Lipinski definition) is 7. The van der Waals surface area contributed by atoms with E-state index in [1.54, 1.807) is 0 Å². The number of rotatable bonds is 3. The molecule has 0 spiro atoms. The molecule has 0 fully saturated rings. The van der Waals surface area contributed by atoms with Crippen LogP contribution in [0, 0.1) is 0 Å². The molecule has 0 heterocycles. The van der Waals surface area contributed by atoms with Gasteiger partial charge in [0.1, 0.15) is 11.5 Å². The molecule has 1 amide bonds. The third-order valence-electron chi connectivity index (χ3n) is 2.90. The molecule has 9 heteroatoms. The van der Waals surface area contributed by atoms with Crippen molar-refractivity contribution in [1.29, 1.82) is 0 Å². The normalized spacial score (nSPS) is 10.3. The average Bonchev–Trinajstić information content (AvgIpc) is 2.46. The van der Waals surface area contributed by atoms with E-state index in [4.69, 9.17) is 5.11 Å². The van der Waals surface area contributed by atoms with E-state index in [0.717, 1.165) is 24.3 Å². The fourth-order valence-corrected chi connectivity index (χ4v) is 1.83. The van der Waals surface area contributed by atoms with E-state index in [1.165, 1.54) is 0 Å². The maximum atomic E-state index is 12.1. The summed E-state index contributed by atoms with van der Waals surface area (Å²) >= 11 is 0. The first-order valence-electron chi connectivity index (χ1n) is 6.06. The maximum absolute atomic E-state index is 12.1. The molecule has 0 radical (unpaired) electrons. The Morgan fingerprint density at radius 1 is 0.826 bits per heavy atom. The van der Waals surface area contributed by atoms with Crippen LogP contribution in [0.25, 0.3) is 0 Å². The number of carboxylic acids is 1. The maximum Gasteiger partial charge on any atom is 0.338 e. The number of phenolic OH excluding ortho intramolecular Hbond substituents is 5. The van der Waals surface area contributed by atoms with Gasteiger partial charge in [0.25, 0.3) is 5.91 Å². The van der Waals surface area contributed by atoms with Gasteiger partial charge in [0.15, 0.2) is 17.2 Å². The van der Waals surface area contributed by atoms with E-state index < -0.39 is 51.9 Å². The van der Waals surface area contributed by atoms with Crippen molar-refractivity contribution in [1.82, 2.24) is 0 Å². The summed E-state index contributed by atoms with van der Waals surface area (Å²) < 4.78 is 0. The van der Waals surface area contributed by atoms with E-state index in [9.17, 15) is 35.1 Å². The first kappa shape index (κ1) is 15.8. The first-order chi connectivity index (χ1) is 10.7. The summed E-state index contributed by atoms with van der Waals surface area (Å²) in [5, 5.41) is 58.1. The average molecular weight is 321 g/mol. The van der Waals surface area contributed by atoms with Crippen LogP contribution in [0.1, 0.15) is 20.7 Å². The minimum absolute atomic E-state index is 0.304. The Morgan fingerprint density at radius 3 is 1.91 bits per heavy atom. The summed E-state index contributed by atoms with van der Waals surface area (Å²) in [5.74, 6) is -6.03. The van der Waals surface area contributed by atoms with Crippen LogP contribution in [0.2, 0.25) is 0 Å². The second kappa shape index (κ2) is 5.64. The number of carbonyl (C=O) groups is 2. The highest BCUT2D eigenvalue weighted by Gasteiger charge is 2.20. The molecule has 0 saturated carbocycles. The zero-order valence-electron chi connectivity index (χ0n) is 11.3. The van der Waals surface area contributed by atoms with Crippen molar-refractivity contribution in [3.8, 4) is 28.7 Å². The lowest BCUT2D eigenvalue weighted by atomic mass is 10.1. The van der Waals surface area contributed by atoms with Crippen LogP contribution in [-0.2, 0) is 0 Å². The molecule has 2 aromatic rings. The van der Waals surface area contributed by atoms with Gasteiger partial charge < -0.3 is 36.0 Å². The molecule has 0 aliphatic rings. The molecule has 0 aromatic heterocycles. The SMILES string of the molecule is O=C(Nc1c(O)cc(O)cc1C(=O)O)c1cc(O)c(O)c(O)c1. The topological polar surface area (TPSA) is 168 Å². The van der Waals surface area contributed by atoms with E-state index in [-0.39, 0.29) is 5.56 Å². The molecule has 0 saturated heterocycles. The standard InChI is InChI=1S/C14H11NO8/c16-6-3-7(14(22)23)11(8(17)4-6)15-13(21)5-1-9(18)12(20)10(19)2-5/h1-4,16-20H,(H,15,21)(H,22,23). The lowest BCUT2D eigenvalue weighted by molar-refractivity contribution is 0.0697. The highest BCUT2D eigenvalue weighted by Crippen LogP contribution is 2.36. The van der Waals surface area contributed by atoms with E-state index in [1.807, 2.05) is 0 Å². The molecular weight excluding hydrogens is 310 g/mol. The van der Waals surface area contributed by atoms with Crippen LogP contribution in [0.4, 0.5) is 5.69 Å². The number of phenols is 5. The minimum atomic E-state index is -1.51. The first-order valence-corrected chi connectivity index (χ1v) is 6.06. The van der Waals surface area contributed by atoms with E-state index >= 15 is 0 Å². The Balaban J connectivity index is 2.44. The Hall–Kier alpha value is -3.62. The van der Waals surface area contributed by atoms with Gasteiger partial charge in [-0.15, -0.1) is 0 Å². The fraction of sp³-hybridized carbons (Fsp3) is 0. The molecule has 23 heavy (non-hydrogen) atoms. The van der Waals surface area contributed by atoms with Crippen molar-refractivity contribution in [2.24, 2.45) is 0 Å². The zero-order valence-corrected chi connectivity index (χ0v) is 11.3. The molecule has 9 nitrogen and oxygen atoms in total. The van der Waals surface area contributed by atoms with Crippen LogP contribution >= 0.6 is 0 Å². The number of carbonyl (C=O) groups excluding carboxylic acids is 1. The number of hydrogen-bond donors (Lipinski definition) is 7. The number of aromatic hydroxyl groups is 5. The predicted octanol–water partition coefficient (Wildman–Crippen LogP) is 1.17. The van der Waals surface area contributed by atoms with E-state index in [0.29, 0.717) is 0 Å². The molecule has 7 N–H and O–H groups in total. The second-order valence-corrected chi connectivity index (χ2v) is 4.51. The largest absolute Gasteiger partial charge is 0.508 e. The van der Waals surface area contributed by atoms with Gasteiger partial charge in [0, 0.05) is 11.6 Å². The zero-order chi connectivity index (χ0) is 17.3. The van der Waals surface area contributed by atoms with Crippen molar-refractivity contribution in [3.05, 3.63) is 35.4 Å².